The molecule has 13 aromatic rings. The third kappa shape index (κ3) is 9.52. The van der Waals surface area contributed by atoms with Gasteiger partial charge in [0.1, 0.15) is 5.82 Å². The first-order valence-electron chi connectivity index (χ1n) is 26.9. The molecular weight excluding hydrogens is 1010 g/mol. The van der Waals surface area contributed by atoms with Crippen molar-refractivity contribution >= 4 is 73.0 Å². The maximum Gasteiger partial charge on any atom is 0.198 e. The third-order valence-corrected chi connectivity index (χ3v) is 14.9. The predicted octanol–water partition coefficient (Wildman–Crippen LogP) is 20.4. The van der Waals surface area contributed by atoms with E-state index < -0.39 is 0 Å². The van der Waals surface area contributed by atoms with Crippen LogP contribution in [0.5, 0.6) is 0 Å². The Labute approximate surface area is 480 Å². The molecule has 13 rings (SSSR count). The molecule has 2 aromatic heterocycles. The van der Waals surface area contributed by atoms with Gasteiger partial charge in [-0.1, -0.05) is 158 Å². The molecule has 0 bridgehead atoms. The molecule has 2 heterocycles. The lowest BCUT2D eigenvalue weighted by Crippen LogP contribution is -2.09. The minimum atomic E-state index is 0.271. The first-order valence-corrected chi connectivity index (χ1v) is 26.9. The summed E-state index contributed by atoms with van der Waals surface area (Å²) >= 11 is 0. The maximum atomic E-state index is 10.7. The van der Waals surface area contributed by atoms with E-state index in [9.17, 15) is 5.26 Å². The minimum absolute atomic E-state index is 0.271. The SMILES string of the molecule is [C-]#[N+]c1cc(-c2cc(-c3ccccc3[N+]#[C-])nc(-c3ccccc3[N+]#[C-])n2)c(C#N)cc1-c1ccc(-c2ccc(-n3c4ccc(N(c5ccccc5)c5ccccc5)cc4c4cc(N(c5ccccc5)c5ccccc5)ccc43)cc2)cc1. The molecule has 0 aliphatic rings. The van der Waals surface area contributed by atoms with Crippen LogP contribution in [0.3, 0.4) is 0 Å². The summed E-state index contributed by atoms with van der Waals surface area (Å²) in [5, 5.41) is 13.0. The zero-order valence-corrected chi connectivity index (χ0v) is 44.5. The molecule has 11 aromatic carbocycles. The highest BCUT2D eigenvalue weighted by Crippen LogP contribution is 2.45. The predicted molar refractivity (Wildman–Crippen MR) is 336 cm³/mol. The van der Waals surface area contributed by atoms with Crippen LogP contribution < -0.4 is 9.80 Å². The third-order valence-electron chi connectivity index (χ3n) is 14.9. The first-order chi connectivity index (χ1) is 41.0. The molecule has 0 radical (unpaired) electrons. The van der Waals surface area contributed by atoms with Gasteiger partial charge in [0, 0.05) is 67.3 Å². The van der Waals surface area contributed by atoms with Crippen molar-refractivity contribution in [2.75, 3.05) is 9.80 Å². The van der Waals surface area contributed by atoms with Crippen LogP contribution in [0.15, 0.2) is 273 Å². The number of anilines is 6. The summed E-state index contributed by atoms with van der Waals surface area (Å²) in [4.78, 5) is 25.8. The van der Waals surface area contributed by atoms with Crippen LogP contribution in [0, 0.1) is 31.0 Å². The van der Waals surface area contributed by atoms with Gasteiger partial charge in [-0.05, 0) is 138 Å². The lowest BCUT2D eigenvalue weighted by Gasteiger charge is -2.26. The number of hydrogen-bond donors (Lipinski definition) is 0. The summed E-state index contributed by atoms with van der Waals surface area (Å²) in [6.45, 7) is 24.1. The smallest absolute Gasteiger partial charge is 0.198 e. The van der Waals surface area contributed by atoms with Gasteiger partial charge in [0.05, 0.1) is 53.8 Å². The van der Waals surface area contributed by atoms with Crippen molar-refractivity contribution in [1.82, 2.24) is 14.5 Å². The van der Waals surface area contributed by atoms with Crippen LogP contribution in [-0.4, -0.2) is 14.5 Å². The van der Waals surface area contributed by atoms with E-state index in [-0.39, 0.29) is 5.82 Å². The second-order valence-corrected chi connectivity index (χ2v) is 19.7. The van der Waals surface area contributed by atoms with Gasteiger partial charge in [-0.2, -0.15) is 5.26 Å². The van der Waals surface area contributed by atoms with E-state index in [1.807, 2.05) is 66.7 Å². The van der Waals surface area contributed by atoms with Crippen molar-refractivity contribution in [3.63, 3.8) is 0 Å². The number of benzene rings is 11. The standard InChI is InChI=1S/C74H45N9/c1-76-67-30-18-16-28-61(67)70-48-71(80-74(79-70)62-29-17-19-31-68(62)77-2)64-47-69(78-3)63(44-53(64)49-75)52-34-32-50(33-35-52)51-36-38-58(39-37-51)83-72-42-40-59(81(54-20-8-4-9-21-54)55-22-10-5-11-23-55)45-65(72)66-46-60(41-43-73(66)83)82(56-24-12-6-13-25-56)57-26-14-7-15-27-57/h4-48H. The maximum absolute atomic E-state index is 10.7. The van der Waals surface area contributed by atoms with Crippen LogP contribution in [0.1, 0.15) is 5.56 Å². The lowest BCUT2D eigenvalue weighted by molar-refractivity contribution is 1.18. The summed E-state index contributed by atoms with van der Waals surface area (Å²) < 4.78 is 2.35. The fourth-order valence-corrected chi connectivity index (χ4v) is 11.0. The van der Waals surface area contributed by atoms with E-state index in [1.54, 1.807) is 48.5 Å². The van der Waals surface area contributed by atoms with Gasteiger partial charge in [-0.3, -0.25) is 0 Å². The van der Waals surface area contributed by atoms with E-state index in [4.69, 9.17) is 29.7 Å². The van der Waals surface area contributed by atoms with Crippen molar-refractivity contribution in [3.05, 3.63) is 313 Å². The Hall–Kier alpha value is -12.1. The Morgan fingerprint density at radius 1 is 0.349 bits per heavy atom. The molecule has 83 heavy (non-hydrogen) atoms. The summed E-state index contributed by atoms with van der Waals surface area (Å²) in [6.07, 6.45) is 0. The molecule has 0 spiro atoms. The average molecular weight is 1060 g/mol. The number of aromatic nitrogens is 3. The van der Waals surface area contributed by atoms with Crippen LogP contribution in [0.25, 0.3) is 98.2 Å². The number of fused-ring (bicyclic) bond motifs is 3. The highest BCUT2D eigenvalue weighted by atomic mass is 15.1. The summed E-state index contributed by atoms with van der Waals surface area (Å²) in [5.41, 5.74) is 16.7. The van der Waals surface area contributed by atoms with Gasteiger partial charge in [0.2, 0.25) is 0 Å². The molecule has 0 aliphatic carbocycles. The van der Waals surface area contributed by atoms with Crippen molar-refractivity contribution in [3.8, 4) is 67.9 Å². The van der Waals surface area contributed by atoms with Crippen LogP contribution in [0.4, 0.5) is 51.2 Å². The summed E-state index contributed by atoms with van der Waals surface area (Å²) in [6, 6.07) is 94.0. The molecular formula is C74H45N9. The second-order valence-electron chi connectivity index (χ2n) is 19.7. The largest absolute Gasteiger partial charge is 0.310 e. The lowest BCUT2D eigenvalue weighted by atomic mass is 9.94. The van der Waals surface area contributed by atoms with Crippen molar-refractivity contribution in [2.45, 2.75) is 0 Å². The zero-order chi connectivity index (χ0) is 56.2. The average Bonchev–Trinajstić information content (AvgIpc) is 3.14. The molecule has 0 saturated carbocycles. The highest BCUT2D eigenvalue weighted by Gasteiger charge is 2.22. The van der Waals surface area contributed by atoms with Crippen molar-refractivity contribution in [1.29, 1.82) is 5.26 Å². The van der Waals surface area contributed by atoms with E-state index in [0.29, 0.717) is 56.3 Å². The number of para-hydroxylation sites is 6. The Kier molecular flexibility index (Phi) is 13.3. The van der Waals surface area contributed by atoms with Gasteiger partial charge >= 0.3 is 0 Å². The Balaban J connectivity index is 0.876. The highest BCUT2D eigenvalue weighted by molar-refractivity contribution is 6.12. The fraction of sp³-hybridized carbons (Fsp3) is 0. The van der Waals surface area contributed by atoms with E-state index >= 15 is 0 Å². The quantitative estimate of drug-likeness (QED) is 0.114. The van der Waals surface area contributed by atoms with E-state index in [0.717, 1.165) is 78.3 Å². The topological polar surface area (TPSA) is 74.1 Å². The summed E-state index contributed by atoms with van der Waals surface area (Å²) in [7, 11) is 0. The van der Waals surface area contributed by atoms with Gasteiger partial charge < -0.3 is 14.4 Å². The van der Waals surface area contributed by atoms with Gasteiger partial charge in [0.15, 0.2) is 17.1 Å². The Morgan fingerprint density at radius 2 is 0.759 bits per heavy atom. The number of rotatable bonds is 12. The first kappa shape index (κ1) is 50.4. The fourth-order valence-electron chi connectivity index (χ4n) is 11.0. The molecule has 0 atom stereocenters. The Bertz CT molecular complexity index is 4470. The molecule has 0 amide bonds. The summed E-state index contributed by atoms with van der Waals surface area (Å²) in [5.74, 6) is 0.271. The molecule has 0 unspecified atom stereocenters. The molecule has 9 heteroatoms. The molecule has 0 saturated heterocycles. The van der Waals surface area contributed by atoms with Gasteiger partial charge in [0.25, 0.3) is 0 Å². The molecule has 0 N–H and O–H groups in total. The van der Waals surface area contributed by atoms with E-state index in [1.165, 1.54) is 0 Å². The molecule has 0 fully saturated rings. The van der Waals surface area contributed by atoms with Crippen molar-refractivity contribution in [2.24, 2.45) is 0 Å². The van der Waals surface area contributed by atoms with Gasteiger partial charge in [-0.25, -0.2) is 24.5 Å². The molecule has 0 aliphatic heterocycles. The monoisotopic (exact) mass is 1060 g/mol. The van der Waals surface area contributed by atoms with Gasteiger partial charge in [-0.15, -0.1) is 0 Å². The normalized spacial score (nSPS) is 10.8. The number of nitriles is 1. The van der Waals surface area contributed by atoms with Crippen molar-refractivity contribution < 1.29 is 0 Å². The minimum Gasteiger partial charge on any atom is -0.310 e. The van der Waals surface area contributed by atoms with Crippen LogP contribution in [-0.2, 0) is 0 Å². The molecule has 9 nitrogen and oxygen atoms in total. The zero-order valence-electron chi connectivity index (χ0n) is 44.5. The second kappa shape index (κ2) is 21.9. The Morgan fingerprint density at radius 3 is 1.23 bits per heavy atom. The number of nitrogens with zero attached hydrogens (tertiary/aromatic N) is 9. The molecule has 386 valence electrons. The van der Waals surface area contributed by atoms with Crippen LogP contribution in [0.2, 0.25) is 0 Å². The van der Waals surface area contributed by atoms with E-state index in [2.05, 4.69) is 193 Å². The number of hydrogen-bond acceptors (Lipinski definition) is 5. The van der Waals surface area contributed by atoms with Crippen LogP contribution >= 0.6 is 0 Å².